The molecule has 3 aromatic rings. The van der Waals surface area contributed by atoms with Gasteiger partial charge in [-0.2, -0.15) is 0 Å². The van der Waals surface area contributed by atoms with Crippen molar-refractivity contribution in [3.63, 3.8) is 0 Å². The third kappa shape index (κ3) is 6.22. The fourth-order valence-corrected chi connectivity index (χ4v) is 5.90. The Labute approximate surface area is 233 Å². The van der Waals surface area contributed by atoms with Gasteiger partial charge >= 0.3 is 0 Å². The Morgan fingerprint density at radius 1 is 1.02 bits per heavy atom. The largest absolute Gasteiger partial charge is 0.508 e. The smallest absolute Gasteiger partial charge is 0.265 e. The van der Waals surface area contributed by atoms with Crippen LogP contribution in [0, 0.1) is 0 Å². The standard InChI is InChI=1S/C29H33N5O5S/c1-19-18-28-32-31-27(34(28)33-19)5-3-4-21-6-8-22(9-7-21)30-29(36)20(2)39-24-12-16-26(17-13-24)40(37,38)25-14-10-23(35)11-15-25/h6-20,27,31-33,35H,3-5H2,1-2H3,(H,30,36). The minimum absolute atomic E-state index is 0.0116. The number of carbonyl (C=O) groups is 1. The summed E-state index contributed by atoms with van der Waals surface area (Å²) >= 11 is 0. The number of nitrogens with one attached hydrogen (secondary N) is 4. The lowest BCUT2D eigenvalue weighted by Crippen LogP contribution is -2.44. The molecule has 3 unspecified atom stereocenters. The number of ether oxygens (including phenoxy) is 1. The van der Waals surface area contributed by atoms with Crippen molar-refractivity contribution in [1.29, 1.82) is 0 Å². The Bertz CT molecular complexity index is 1470. The van der Waals surface area contributed by atoms with Crippen LogP contribution in [-0.4, -0.2) is 42.8 Å². The van der Waals surface area contributed by atoms with E-state index in [0.717, 1.165) is 25.1 Å². The first-order chi connectivity index (χ1) is 19.2. The molecule has 3 aromatic carbocycles. The van der Waals surface area contributed by atoms with Gasteiger partial charge in [0, 0.05) is 11.7 Å². The molecule has 0 aliphatic carbocycles. The summed E-state index contributed by atoms with van der Waals surface area (Å²) in [5.74, 6) is 1.12. The predicted octanol–water partition coefficient (Wildman–Crippen LogP) is 3.44. The Kier molecular flexibility index (Phi) is 7.97. The molecule has 5 N–H and O–H groups in total. The zero-order chi connectivity index (χ0) is 28.3. The van der Waals surface area contributed by atoms with Gasteiger partial charge in [-0.15, -0.1) is 0 Å². The summed E-state index contributed by atoms with van der Waals surface area (Å²) in [4.78, 5) is 12.9. The maximum Gasteiger partial charge on any atom is 0.265 e. The van der Waals surface area contributed by atoms with Gasteiger partial charge in [0.1, 0.15) is 23.5 Å². The van der Waals surface area contributed by atoms with Crippen molar-refractivity contribution < 1.29 is 23.1 Å². The highest BCUT2D eigenvalue weighted by molar-refractivity contribution is 7.91. The number of aryl methyl sites for hydroxylation is 1. The molecule has 11 heteroatoms. The first kappa shape index (κ1) is 27.5. The van der Waals surface area contributed by atoms with Crippen LogP contribution in [0.25, 0.3) is 0 Å². The minimum atomic E-state index is -3.74. The lowest BCUT2D eigenvalue weighted by molar-refractivity contribution is -0.122. The summed E-state index contributed by atoms with van der Waals surface area (Å²) in [5.41, 5.74) is 11.8. The van der Waals surface area contributed by atoms with Crippen LogP contribution in [0.1, 0.15) is 32.3 Å². The van der Waals surface area contributed by atoms with Crippen LogP contribution in [0.3, 0.4) is 0 Å². The van der Waals surface area contributed by atoms with E-state index < -0.39 is 15.9 Å². The SMILES string of the molecule is CC1C=C2NNC(CCCc3ccc(NC(=O)C(C)Oc4ccc(S(=O)(=O)c5ccc(O)cc5)cc4)cc3)N2N1. The van der Waals surface area contributed by atoms with Gasteiger partial charge in [0.15, 0.2) is 6.10 Å². The minimum Gasteiger partial charge on any atom is -0.508 e. The molecule has 1 amide bonds. The van der Waals surface area contributed by atoms with Crippen LogP contribution in [0.15, 0.2) is 94.5 Å². The maximum atomic E-state index is 12.8. The second-order valence-electron chi connectivity index (χ2n) is 9.93. The lowest BCUT2D eigenvalue weighted by Gasteiger charge is -2.23. The number of aromatic hydroxyl groups is 1. The number of sulfone groups is 1. The van der Waals surface area contributed by atoms with E-state index in [-0.39, 0.29) is 27.6 Å². The molecule has 10 nitrogen and oxygen atoms in total. The molecule has 0 bridgehead atoms. The number of hydrazine groups is 2. The highest BCUT2D eigenvalue weighted by Gasteiger charge is 2.32. The molecule has 3 atom stereocenters. The number of rotatable bonds is 10. The Morgan fingerprint density at radius 3 is 2.35 bits per heavy atom. The molecule has 1 fully saturated rings. The Morgan fingerprint density at radius 2 is 1.68 bits per heavy atom. The molecule has 0 spiro atoms. The van der Waals surface area contributed by atoms with Crippen LogP contribution < -0.4 is 26.3 Å². The van der Waals surface area contributed by atoms with E-state index in [9.17, 15) is 18.3 Å². The van der Waals surface area contributed by atoms with E-state index in [1.165, 1.54) is 54.1 Å². The van der Waals surface area contributed by atoms with E-state index in [1.54, 1.807) is 6.92 Å². The molecule has 210 valence electrons. The molecule has 2 aliphatic heterocycles. The van der Waals surface area contributed by atoms with Crippen molar-refractivity contribution in [2.24, 2.45) is 0 Å². The molecule has 1 saturated heterocycles. The number of phenols is 1. The highest BCUT2D eigenvalue weighted by Crippen LogP contribution is 2.25. The predicted molar refractivity (Wildman–Crippen MR) is 151 cm³/mol. The number of phenolic OH excluding ortho intramolecular Hbond substituents is 1. The summed E-state index contributed by atoms with van der Waals surface area (Å²) in [6.07, 6.45) is 4.46. The monoisotopic (exact) mass is 563 g/mol. The van der Waals surface area contributed by atoms with Crippen molar-refractivity contribution in [2.75, 3.05) is 5.32 Å². The Hall–Kier alpha value is -4.06. The number of benzene rings is 3. The first-order valence-electron chi connectivity index (χ1n) is 13.2. The number of nitrogens with zero attached hydrogens (tertiary/aromatic N) is 1. The third-order valence-electron chi connectivity index (χ3n) is 6.82. The number of amides is 1. The van der Waals surface area contributed by atoms with E-state index in [0.29, 0.717) is 17.5 Å². The fourth-order valence-electron chi connectivity index (χ4n) is 4.64. The average Bonchev–Trinajstić information content (AvgIpc) is 3.49. The van der Waals surface area contributed by atoms with Gasteiger partial charge in [0.05, 0.1) is 9.79 Å². The number of fused-ring (bicyclic) bond motifs is 1. The van der Waals surface area contributed by atoms with Gasteiger partial charge in [-0.25, -0.2) is 19.3 Å². The van der Waals surface area contributed by atoms with Gasteiger partial charge in [0.2, 0.25) is 9.84 Å². The summed E-state index contributed by atoms with van der Waals surface area (Å²) in [7, 11) is -3.74. The maximum absolute atomic E-state index is 12.8. The molecule has 2 heterocycles. The van der Waals surface area contributed by atoms with Gasteiger partial charge in [-0.3, -0.25) is 9.80 Å². The van der Waals surface area contributed by atoms with Gasteiger partial charge in [0.25, 0.3) is 5.91 Å². The van der Waals surface area contributed by atoms with Crippen molar-refractivity contribution in [1.82, 2.24) is 21.3 Å². The fraction of sp³-hybridized carbons (Fsp3) is 0.276. The normalized spacial score (nSPS) is 18.9. The lowest BCUT2D eigenvalue weighted by atomic mass is 10.1. The first-order valence-corrected chi connectivity index (χ1v) is 14.7. The second kappa shape index (κ2) is 11.6. The number of anilines is 1. The van der Waals surface area contributed by atoms with E-state index in [1.807, 2.05) is 24.3 Å². The van der Waals surface area contributed by atoms with Gasteiger partial charge < -0.3 is 20.6 Å². The van der Waals surface area contributed by atoms with Crippen LogP contribution in [0.5, 0.6) is 11.5 Å². The number of hydrogen-bond donors (Lipinski definition) is 5. The molecule has 0 saturated carbocycles. The molecule has 5 rings (SSSR count). The summed E-state index contributed by atoms with van der Waals surface area (Å²) in [5, 5.41) is 14.4. The van der Waals surface area contributed by atoms with Crippen LogP contribution in [0.4, 0.5) is 5.69 Å². The van der Waals surface area contributed by atoms with Gasteiger partial charge in [-0.05, 0) is 105 Å². The van der Waals surface area contributed by atoms with Gasteiger partial charge in [-0.1, -0.05) is 12.1 Å². The summed E-state index contributed by atoms with van der Waals surface area (Å²) in [6, 6.07) is 19.3. The molecule has 2 aliphatic rings. The van der Waals surface area contributed by atoms with E-state index >= 15 is 0 Å². The van der Waals surface area contributed by atoms with E-state index in [4.69, 9.17) is 4.74 Å². The molecule has 40 heavy (non-hydrogen) atoms. The zero-order valence-electron chi connectivity index (χ0n) is 22.3. The third-order valence-corrected chi connectivity index (χ3v) is 8.60. The summed E-state index contributed by atoms with van der Waals surface area (Å²) in [6.45, 7) is 3.75. The quantitative estimate of drug-likeness (QED) is 0.252. The van der Waals surface area contributed by atoms with Crippen LogP contribution in [-0.2, 0) is 21.1 Å². The van der Waals surface area contributed by atoms with Crippen LogP contribution in [0.2, 0.25) is 0 Å². The van der Waals surface area contributed by atoms with Crippen LogP contribution >= 0.6 is 0 Å². The average molecular weight is 564 g/mol. The number of hydrogen-bond acceptors (Lipinski definition) is 9. The zero-order valence-corrected chi connectivity index (χ0v) is 23.1. The Balaban J connectivity index is 1.09. The second-order valence-corrected chi connectivity index (χ2v) is 11.9. The molecular formula is C29H33N5O5S. The topological polar surface area (TPSA) is 132 Å². The molecule has 0 aromatic heterocycles. The van der Waals surface area contributed by atoms with Crippen molar-refractivity contribution >= 4 is 21.4 Å². The number of carbonyl (C=O) groups excluding carboxylic acids is 1. The summed E-state index contributed by atoms with van der Waals surface area (Å²) < 4.78 is 31.3. The molecular weight excluding hydrogens is 530 g/mol. The highest BCUT2D eigenvalue weighted by atomic mass is 32.2. The van der Waals surface area contributed by atoms with E-state index in [2.05, 4.69) is 39.6 Å². The van der Waals surface area contributed by atoms with Crippen molar-refractivity contribution in [3.8, 4) is 11.5 Å². The van der Waals surface area contributed by atoms with Crippen molar-refractivity contribution in [3.05, 3.63) is 90.3 Å². The van der Waals surface area contributed by atoms with Crippen molar-refractivity contribution in [2.45, 2.75) is 61.2 Å². The molecule has 0 radical (unpaired) electrons.